The normalized spacial score (nSPS) is 11.8. The third kappa shape index (κ3) is 2.64. The van der Waals surface area contributed by atoms with E-state index in [4.69, 9.17) is 11.6 Å². The Hall–Kier alpha value is -1.93. The molecule has 0 radical (unpaired) electrons. The molecule has 1 heterocycles. The summed E-state index contributed by atoms with van der Waals surface area (Å²) in [5.41, 5.74) is 3.38. The molecule has 3 heteroatoms. The van der Waals surface area contributed by atoms with Crippen LogP contribution in [-0.2, 0) is 5.41 Å². The first-order valence-electron chi connectivity index (χ1n) is 6.98. The van der Waals surface area contributed by atoms with Gasteiger partial charge < -0.3 is 0 Å². The predicted molar refractivity (Wildman–Crippen MR) is 88.7 cm³/mol. The van der Waals surface area contributed by atoms with Crippen LogP contribution in [0, 0.1) is 0 Å². The molecule has 2 aromatic carbocycles. The Morgan fingerprint density at radius 1 is 0.810 bits per heavy atom. The quantitative estimate of drug-likeness (QED) is 0.613. The second-order valence-corrected chi connectivity index (χ2v) is 6.57. The minimum atomic E-state index is 0.145. The van der Waals surface area contributed by atoms with Crippen molar-refractivity contribution < 1.29 is 0 Å². The fourth-order valence-corrected chi connectivity index (χ4v) is 2.62. The molecule has 0 unspecified atom stereocenters. The molecule has 0 saturated heterocycles. The first kappa shape index (κ1) is 14.0. The van der Waals surface area contributed by atoms with E-state index in [0.29, 0.717) is 5.15 Å². The standard InChI is InChI=1S/C18H17ClN2/c1-18(2,3)13-10-8-12(9-11-13)16-14-6-4-5-7-15(14)17(19)21-20-16/h4-11H,1-3H3. The Morgan fingerprint density at radius 2 is 1.43 bits per heavy atom. The van der Waals surface area contributed by atoms with E-state index >= 15 is 0 Å². The molecule has 106 valence electrons. The minimum absolute atomic E-state index is 0.145. The number of aromatic nitrogens is 2. The van der Waals surface area contributed by atoms with Crippen LogP contribution in [0.15, 0.2) is 48.5 Å². The number of rotatable bonds is 1. The van der Waals surface area contributed by atoms with Gasteiger partial charge in [0.15, 0.2) is 5.15 Å². The fourth-order valence-electron chi connectivity index (χ4n) is 2.41. The highest BCUT2D eigenvalue weighted by Gasteiger charge is 2.14. The lowest BCUT2D eigenvalue weighted by Crippen LogP contribution is -2.10. The summed E-state index contributed by atoms with van der Waals surface area (Å²) >= 11 is 6.13. The highest BCUT2D eigenvalue weighted by molar-refractivity contribution is 6.34. The van der Waals surface area contributed by atoms with E-state index in [1.807, 2.05) is 24.3 Å². The maximum atomic E-state index is 6.13. The maximum Gasteiger partial charge on any atom is 0.159 e. The van der Waals surface area contributed by atoms with Crippen molar-refractivity contribution in [3.8, 4) is 11.3 Å². The molecule has 3 aromatic rings. The lowest BCUT2D eigenvalue weighted by atomic mass is 9.86. The zero-order valence-electron chi connectivity index (χ0n) is 12.4. The van der Waals surface area contributed by atoms with Crippen molar-refractivity contribution in [3.63, 3.8) is 0 Å². The number of nitrogens with zero attached hydrogens (tertiary/aromatic N) is 2. The molecule has 0 fully saturated rings. The first-order valence-corrected chi connectivity index (χ1v) is 7.36. The molecule has 0 spiro atoms. The van der Waals surface area contributed by atoms with Crippen LogP contribution >= 0.6 is 11.6 Å². The molecular formula is C18H17ClN2. The highest BCUT2D eigenvalue weighted by atomic mass is 35.5. The summed E-state index contributed by atoms with van der Waals surface area (Å²) < 4.78 is 0. The van der Waals surface area contributed by atoms with Gasteiger partial charge in [-0.1, -0.05) is 80.9 Å². The van der Waals surface area contributed by atoms with Gasteiger partial charge >= 0.3 is 0 Å². The molecule has 1 aromatic heterocycles. The summed E-state index contributed by atoms with van der Waals surface area (Å²) in [6.45, 7) is 6.62. The zero-order chi connectivity index (χ0) is 15.0. The number of halogens is 1. The minimum Gasteiger partial charge on any atom is -0.148 e. The van der Waals surface area contributed by atoms with Gasteiger partial charge in [-0.2, -0.15) is 0 Å². The Kier molecular flexibility index (Phi) is 3.42. The Bertz CT molecular complexity index is 786. The van der Waals surface area contributed by atoms with E-state index in [2.05, 4.69) is 55.2 Å². The largest absolute Gasteiger partial charge is 0.159 e. The van der Waals surface area contributed by atoms with Crippen molar-refractivity contribution in [3.05, 3.63) is 59.2 Å². The Labute approximate surface area is 129 Å². The molecule has 0 atom stereocenters. The summed E-state index contributed by atoms with van der Waals surface area (Å²) in [6.07, 6.45) is 0. The predicted octanol–water partition coefficient (Wildman–Crippen LogP) is 5.25. The average Bonchev–Trinajstić information content (AvgIpc) is 2.47. The van der Waals surface area contributed by atoms with Crippen LogP contribution in [-0.4, -0.2) is 10.2 Å². The van der Waals surface area contributed by atoms with Gasteiger partial charge in [-0.15, -0.1) is 10.2 Å². The van der Waals surface area contributed by atoms with E-state index in [1.165, 1.54) is 5.56 Å². The molecule has 0 amide bonds. The second-order valence-electron chi connectivity index (χ2n) is 6.21. The third-order valence-electron chi connectivity index (χ3n) is 3.67. The lowest BCUT2D eigenvalue weighted by Gasteiger charge is -2.19. The molecule has 0 saturated carbocycles. The van der Waals surface area contributed by atoms with Gasteiger partial charge in [0.25, 0.3) is 0 Å². The van der Waals surface area contributed by atoms with Crippen LogP contribution in [0.4, 0.5) is 0 Å². The van der Waals surface area contributed by atoms with E-state index in [-0.39, 0.29) is 5.41 Å². The molecular weight excluding hydrogens is 280 g/mol. The molecule has 21 heavy (non-hydrogen) atoms. The topological polar surface area (TPSA) is 25.8 Å². The maximum absolute atomic E-state index is 6.13. The van der Waals surface area contributed by atoms with Crippen LogP contribution in [0.3, 0.4) is 0 Å². The van der Waals surface area contributed by atoms with Crippen LogP contribution in [0.25, 0.3) is 22.0 Å². The number of benzene rings is 2. The Morgan fingerprint density at radius 3 is 2.05 bits per heavy atom. The van der Waals surface area contributed by atoms with Gasteiger partial charge in [0, 0.05) is 16.3 Å². The summed E-state index contributed by atoms with van der Waals surface area (Å²) in [5.74, 6) is 0. The lowest BCUT2D eigenvalue weighted by molar-refractivity contribution is 0.590. The Balaban J connectivity index is 2.15. The van der Waals surface area contributed by atoms with Crippen molar-refractivity contribution in [1.29, 1.82) is 0 Å². The van der Waals surface area contributed by atoms with Gasteiger partial charge in [0.2, 0.25) is 0 Å². The molecule has 0 N–H and O–H groups in total. The van der Waals surface area contributed by atoms with Crippen molar-refractivity contribution in [2.45, 2.75) is 26.2 Å². The average molecular weight is 297 g/mol. The monoisotopic (exact) mass is 296 g/mol. The summed E-state index contributed by atoms with van der Waals surface area (Å²) in [7, 11) is 0. The third-order valence-corrected chi connectivity index (χ3v) is 3.95. The van der Waals surface area contributed by atoms with E-state index < -0.39 is 0 Å². The number of fused-ring (bicyclic) bond motifs is 1. The van der Waals surface area contributed by atoms with Gasteiger partial charge in [-0.25, -0.2) is 0 Å². The molecule has 2 nitrogen and oxygen atoms in total. The van der Waals surface area contributed by atoms with E-state index in [1.54, 1.807) is 0 Å². The molecule has 0 aliphatic heterocycles. The first-order chi connectivity index (χ1) is 9.97. The van der Waals surface area contributed by atoms with E-state index in [0.717, 1.165) is 22.0 Å². The fraction of sp³-hybridized carbons (Fsp3) is 0.222. The van der Waals surface area contributed by atoms with Gasteiger partial charge in [-0.3, -0.25) is 0 Å². The second kappa shape index (κ2) is 5.12. The van der Waals surface area contributed by atoms with Crippen LogP contribution in [0.1, 0.15) is 26.3 Å². The van der Waals surface area contributed by atoms with Gasteiger partial charge in [-0.05, 0) is 11.0 Å². The summed E-state index contributed by atoms with van der Waals surface area (Å²) in [6, 6.07) is 16.5. The molecule has 3 rings (SSSR count). The van der Waals surface area contributed by atoms with Crippen LogP contribution < -0.4 is 0 Å². The van der Waals surface area contributed by atoms with Crippen LogP contribution in [0.5, 0.6) is 0 Å². The van der Waals surface area contributed by atoms with Gasteiger partial charge in [0.05, 0.1) is 0 Å². The number of hydrogen-bond donors (Lipinski definition) is 0. The molecule has 0 aliphatic carbocycles. The molecule has 0 aliphatic rings. The van der Waals surface area contributed by atoms with Gasteiger partial charge in [0.1, 0.15) is 5.69 Å². The zero-order valence-corrected chi connectivity index (χ0v) is 13.1. The smallest absolute Gasteiger partial charge is 0.148 e. The van der Waals surface area contributed by atoms with Crippen LogP contribution in [0.2, 0.25) is 5.15 Å². The molecule has 0 bridgehead atoms. The summed E-state index contributed by atoms with van der Waals surface area (Å²) in [4.78, 5) is 0. The SMILES string of the molecule is CC(C)(C)c1ccc(-c2nnc(Cl)c3ccccc23)cc1. The van der Waals surface area contributed by atoms with Crippen molar-refractivity contribution in [1.82, 2.24) is 10.2 Å². The summed E-state index contributed by atoms with van der Waals surface area (Å²) in [5, 5.41) is 10.8. The van der Waals surface area contributed by atoms with Crippen molar-refractivity contribution >= 4 is 22.4 Å². The van der Waals surface area contributed by atoms with E-state index in [9.17, 15) is 0 Å². The van der Waals surface area contributed by atoms with Crippen molar-refractivity contribution in [2.75, 3.05) is 0 Å². The van der Waals surface area contributed by atoms with Crippen molar-refractivity contribution in [2.24, 2.45) is 0 Å². The highest BCUT2D eigenvalue weighted by Crippen LogP contribution is 2.31. The number of hydrogen-bond acceptors (Lipinski definition) is 2.